The van der Waals surface area contributed by atoms with E-state index in [9.17, 15) is 9.50 Å². The molecule has 0 aliphatic heterocycles. The van der Waals surface area contributed by atoms with Crippen molar-refractivity contribution in [3.8, 4) is 11.3 Å². The lowest BCUT2D eigenvalue weighted by Crippen LogP contribution is -2.21. The molecule has 0 amide bonds. The van der Waals surface area contributed by atoms with Crippen LogP contribution in [0.5, 0.6) is 0 Å². The first-order valence-corrected chi connectivity index (χ1v) is 7.85. The molecule has 1 unspecified atom stereocenters. The Morgan fingerprint density at radius 1 is 1.12 bits per heavy atom. The molecule has 124 valence electrons. The third-order valence-corrected chi connectivity index (χ3v) is 3.86. The molecule has 0 radical (unpaired) electrons. The molecule has 1 aromatic heterocycles. The molecule has 0 saturated carbocycles. The van der Waals surface area contributed by atoms with Crippen LogP contribution in [0, 0.1) is 5.82 Å². The van der Waals surface area contributed by atoms with Crippen molar-refractivity contribution in [2.24, 2.45) is 7.05 Å². The number of nitrogens with one attached hydrogen (secondary N) is 1. The lowest BCUT2D eigenvalue weighted by atomic mass is 10.1. The van der Waals surface area contributed by atoms with E-state index in [0.717, 1.165) is 16.8 Å². The predicted molar refractivity (Wildman–Crippen MR) is 91.7 cm³/mol. The van der Waals surface area contributed by atoms with Crippen molar-refractivity contribution in [2.45, 2.75) is 12.6 Å². The second-order valence-electron chi connectivity index (χ2n) is 5.74. The van der Waals surface area contributed by atoms with Crippen LogP contribution < -0.4 is 5.32 Å². The van der Waals surface area contributed by atoms with Gasteiger partial charge in [-0.1, -0.05) is 42.5 Å². The Kier molecular flexibility index (Phi) is 5.03. The number of aliphatic hydroxyl groups excluding tert-OH is 1. The third-order valence-electron chi connectivity index (χ3n) is 3.86. The van der Waals surface area contributed by atoms with E-state index < -0.39 is 6.10 Å². The Hall–Kier alpha value is -2.50. The Balaban J connectivity index is 1.64. The van der Waals surface area contributed by atoms with E-state index in [1.165, 1.54) is 12.1 Å². The van der Waals surface area contributed by atoms with Crippen LogP contribution in [0.3, 0.4) is 0 Å². The molecule has 1 heterocycles. The number of hydrogen-bond acceptors (Lipinski definition) is 3. The van der Waals surface area contributed by atoms with Crippen molar-refractivity contribution in [1.29, 1.82) is 0 Å². The average molecular weight is 325 g/mol. The molecule has 1 atom stereocenters. The largest absolute Gasteiger partial charge is 0.387 e. The summed E-state index contributed by atoms with van der Waals surface area (Å²) in [6.07, 6.45) is 1.29. The van der Waals surface area contributed by atoms with Crippen LogP contribution in [0.15, 0.2) is 60.8 Å². The van der Waals surface area contributed by atoms with Gasteiger partial charge in [-0.25, -0.2) is 4.39 Å². The molecule has 3 aromatic rings. The number of aliphatic hydroxyl groups is 1. The van der Waals surface area contributed by atoms with Gasteiger partial charge in [0.25, 0.3) is 0 Å². The molecule has 0 fully saturated rings. The minimum absolute atomic E-state index is 0.304. The summed E-state index contributed by atoms with van der Waals surface area (Å²) in [6, 6.07) is 15.9. The zero-order valence-electron chi connectivity index (χ0n) is 13.5. The van der Waals surface area contributed by atoms with Gasteiger partial charge < -0.3 is 10.4 Å². The molecular formula is C19H20FN3O. The number of rotatable bonds is 6. The van der Waals surface area contributed by atoms with Crippen LogP contribution in [0.1, 0.15) is 17.2 Å². The maximum Gasteiger partial charge on any atom is 0.123 e. The second kappa shape index (κ2) is 7.38. The molecule has 2 aromatic carbocycles. The van der Waals surface area contributed by atoms with Crippen LogP contribution in [-0.4, -0.2) is 21.4 Å². The highest BCUT2D eigenvalue weighted by Gasteiger charge is 2.11. The van der Waals surface area contributed by atoms with E-state index in [4.69, 9.17) is 0 Å². The van der Waals surface area contributed by atoms with Crippen LogP contribution in [-0.2, 0) is 13.6 Å². The van der Waals surface area contributed by atoms with Crippen molar-refractivity contribution in [3.05, 3.63) is 77.7 Å². The molecule has 0 spiro atoms. The highest BCUT2D eigenvalue weighted by molar-refractivity contribution is 5.62. The molecule has 0 aliphatic carbocycles. The van der Waals surface area contributed by atoms with Crippen LogP contribution in [0.4, 0.5) is 4.39 Å². The summed E-state index contributed by atoms with van der Waals surface area (Å²) in [4.78, 5) is 0. The molecule has 5 heteroatoms. The minimum Gasteiger partial charge on any atom is -0.387 e. The first-order chi connectivity index (χ1) is 11.6. The van der Waals surface area contributed by atoms with Crippen LogP contribution >= 0.6 is 0 Å². The number of benzene rings is 2. The Morgan fingerprint density at radius 3 is 2.54 bits per heavy atom. The van der Waals surface area contributed by atoms with Gasteiger partial charge in [-0.15, -0.1) is 0 Å². The Morgan fingerprint density at radius 2 is 1.83 bits per heavy atom. The van der Waals surface area contributed by atoms with Gasteiger partial charge in [0.1, 0.15) is 5.82 Å². The van der Waals surface area contributed by atoms with E-state index >= 15 is 0 Å². The van der Waals surface area contributed by atoms with Gasteiger partial charge in [0.2, 0.25) is 0 Å². The maximum atomic E-state index is 12.9. The van der Waals surface area contributed by atoms with Crippen molar-refractivity contribution >= 4 is 0 Å². The fourth-order valence-electron chi connectivity index (χ4n) is 2.65. The van der Waals surface area contributed by atoms with E-state index in [1.54, 1.807) is 16.8 Å². The molecule has 0 bridgehead atoms. The van der Waals surface area contributed by atoms with E-state index in [2.05, 4.69) is 10.4 Å². The number of aromatic nitrogens is 2. The topological polar surface area (TPSA) is 50.1 Å². The smallest absolute Gasteiger partial charge is 0.123 e. The second-order valence-corrected chi connectivity index (χ2v) is 5.74. The summed E-state index contributed by atoms with van der Waals surface area (Å²) < 4.78 is 14.7. The van der Waals surface area contributed by atoms with Crippen LogP contribution in [0.25, 0.3) is 11.3 Å². The highest BCUT2D eigenvalue weighted by atomic mass is 19.1. The molecule has 2 N–H and O–H groups in total. The van der Waals surface area contributed by atoms with Gasteiger partial charge in [0.05, 0.1) is 11.8 Å². The highest BCUT2D eigenvalue weighted by Crippen LogP contribution is 2.21. The van der Waals surface area contributed by atoms with E-state index in [0.29, 0.717) is 18.7 Å². The van der Waals surface area contributed by atoms with Crippen molar-refractivity contribution in [2.75, 3.05) is 6.54 Å². The Labute approximate surface area is 140 Å². The number of aryl methyl sites for hydroxylation is 1. The molecule has 4 nitrogen and oxygen atoms in total. The first kappa shape index (κ1) is 16.4. The van der Waals surface area contributed by atoms with Gasteiger partial charge in [0, 0.05) is 37.5 Å². The molecular weight excluding hydrogens is 305 g/mol. The van der Waals surface area contributed by atoms with E-state index in [1.807, 2.05) is 43.6 Å². The fourth-order valence-corrected chi connectivity index (χ4v) is 2.65. The van der Waals surface area contributed by atoms with Gasteiger partial charge in [-0.2, -0.15) is 5.10 Å². The maximum absolute atomic E-state index is 12.9. The number of halogens is 1. The standard InChI is InChI=1S/C19H20FN3O/c1-23-13-16(19(22-23)15-5-3-2-4-6-15)11-21-12-18(24)14-7-9-17(20)10-8-14/h2-10,13,18,21,24H,11-12H2,1H3. The number of hydrogen-bond donors (Lipinski definition) is 2. The normalized spacial score (nSPS) is 12.3. The quantitative estimate of drug-likeness (QED) is 0.732. The average Bonchev–Trinajstić information content (AvgIpc) is 2.97. The summed E-state index contributed by atoms with van der Waals surface area (Å²) in [6.45, 7) is 0.977. The summed E-state index contributed by atoms with van der Waals surface area (Å²) in [5.41, 5.74) is 3.75. The van der Waals surface area contributed by atoms with Crippen LogP contribution in [0.2, 0.25) is 0 Å². The van der Waals surface area contributed by atoms with Gasteiger partial charge >= 0.3 is 0 Å². The summed E-state index contributed by atoms with van der Waals surface area (Å²) in [5.74, 6) is -0.304. The summed E-state index contributed by atoms with van der Waals surface area (Å²) in [5, 5.41) is 17.9. The first-order valence-electron chi connectivity index (χ1n) is 7.85. The molecule has 0 aliphatic rings. The molecule has 3 rings (SSSR count). The minimum atomic E-state index is -0.678. The van der Waals surface area contributed by atoms with Gasteiger partial charge in [-0.05, 0) is 17.7 Å². The summed E-state index contributed by atoms with van der Waals surface area (Å²) in [7, 11) is 1.89. The fraction of sp³-hybridized carbons (Fsp3) is 0.211. The lowest BCUT2D eigenvalue weighted by molar-refractivity contribution is 0.174. The van der Waals surface area contributed by atoms with E-state index in [-0.39, 0.29) is 5.82 Å². The zero-order chi connectivity index (χ0) is 16.9. The molecule has 24 heavy (non-hydrogen) atoms. The SMILES string of the molecule is Cn1cc(CNCC(O)c2ccc(F)cc2)c(-c2ccccc2)n1. The van der Waals surface area contributed by atoms with Gasteiger partial charge in [-0.3, -0.25) is 4.68 Å². The van der Waals surface area contributed by atoms with Crippen molar-refractivity contribution in [1.82, 2.24) is 15.1 Å². The number of nitrogens with zero attached hydrogens (tertiary/aromatic N) is 2. The monoisotopic (exact) mass is 325 g/mol. The van der Waals surface area contributed by atoms with Gasteiger partial charge in [0.15, 0.2) is 0 Å². The third kappa shape index (κ3) is 3.88. The zero-order valence-corrected chi connectivity index (χ0v) is 13.5. The predicted octanol–water partition coefficient (Wildman–Crippen LogP) is 3.05. The molecule has 0 saturated heterocycles. The van der Waals surface area contributed by atoms with Crippen molar-refractivity contribution < 1.29 is 9.50 Å². The van der Waals surface area contributed by atoms with Crippen molar-refractivity contribution in [3.63, 3.8) is 0 Å². The lowest BCUT2D eigenvalue weighted by Gasteiger charge is -2.12. The Bertz CT molecular complexity index is 784. The summed E-state index contributed by atoms with van der Waals surface area (Å²) >= 11 is 0.